The average Bonchev–Trinajstić information content (AvgIpc) is 2.75. The summed E-state index contributed by atoms with van der Waals surface area (Å²) in [7, 11) is 0. The minimum Gasteiger partial charge on any atom is -0.313 e. The van der Waals surface area contributed by atoms with Crippen molar-refractivity contribution in [2.24, 2.45) is 5.92 Å². The third kappa shape index (κ3) is 2.73. The normalized spacial score (nSPS) is 30.6. The molecule has 0 aromatic heterocycles. The molecule has 1 aromatic rings. The minimum atomic E-state index is -0.128. The van der Waals surface area contributed by atoms with Crippen LogP contribution in [0.25, 0.3) is 0 Å². The van der Waals surface area contributed by atoms with Gasteiger partial charge in [0.25, 0.3) is 0 Å². The molecule has 0 spiro atoms. The number of rotatable bonds is 4. The van der Waals surface area contributed by atoms with E-state index in [1.807, 2.05) is 6.07 Å². The first-order valence-electron chi connectivity index (χ1n) is 7.01. The number of piperidine rings is 1. The van der Waals surface area contributed by atoms with Gasteiger partial charge in [0.2, 0.25) is 0 Å². The topological polar surface area (TPSA) is 15.3 Å². The molecule has 1 aromatic carbocycles. The highest BCUT2D eigenvalue weighted by Gasteiger charge is 2.33. The Hall–Kier alpha value is -0.930. The van der Waals surface area contributed by atoms with Crippen LogP contribution in [0.2, 0.25) is 0 Å². The second-order valence-corrected chi connectivity index (χ2v) is 5.58. The molecule has 2 nitrogen and oxygen atoms in total. The summed E-state index contributed by atoms with van der Waals surface area (Å²) >= 11 is 0. The first-order chi connectivity index (χ1) is 8.81. The Balaban J connectivity index is 1.47. The summed E-state index contributed by atoms with van der Waals surface area (Å²) in [4.78, 5) is 2.56. The summed E-state index contributed by atoms with van der Waals surface area (Å²) in [6.07, 6.45) is 3.54. The van der Waals surface area contributed by atoms with Crippen LogP contribution in [0.5, 0.6) is 0 Å². The van der Waals surface area contributed by atoms with E-state index in [2.05, 4.69) is 10.2 Å². The van der Waals surface area contributed by atoms with E-state index in [9.17, 15) is 4.39 Å². The summed E-state index contributed by atoms with van der Waals surface area (Å²) < 4.78 is 13.0. The Morgan fingerprint density at radius 2 is 2.17 bits per heavy atom. The highest BCUT2D eigenvalue weighted by atomic mass is 19.1. The van der Waals surface area contributed by atoms with Crippen molar-refractivity contribution in [2.75, 3.05) is 26.2 Å². The molecule has 0 aliphatic carbocycles. The van der Waals surface area contributed by atoms with Gasteiger partial charge >= 0.3 is 0 Å². The van der Waals surface area contributed by atoms with E-state index in [1.54, 1.807) is 12.1 Å². The van der Waals surface area contributed by atoms with Crippen LogP contribution in [0, 0.1) is 11.7 Å². The third-order valence-corrected chi connectivity index (χ3v) is 4.34. The van der Waals surface area contributed by atoms with Crippen LogP contribution >= 0.6 is 0 Å². The first kappa shape index (κ1) is 12.1. The molecule has 3 atom stereocenters. The molecule has 2 aliphatic rings. The molecule has 3 unspecified atom stereocenters. The van der Waals surface area contributed by atoms with E-state index in [1.165, 1.54) is 38.5 Å². The van der Waals surface area contributed by atoms with E-state index in [-0.39, 0.29) is 5.82 Å². The molecule has 2 bridgehead atoms. The van der Waals surface area contributed by atoms with Crippen molar-refractivity contribution in [3.05, 3.63) is 35.6 Å². The molecular formula is C15H21FN2. The van der Waals surface area contributed by atoms with Crippen LogP contribution in [-0.2, 0) is 6.42 Å². The molecule has 3 rings (SSSR count). The Morgan fingerprint density at radius 1 is 1.28 bits per heavy atom. The smallest absolute Gasteiger partial charge is 0.123 e. The summed E-state index contributed by atoms with van der Waals surface area (Å²) in [6.45, 7) is 4.77. The first-order valence-corrected chi connectivity index (χ1v) is 7.01. The van der Waals surface area contributed by atoms with Gasteiger partial charge in [-0.15, -0.1) is 0 Å². The molecule has 98 valence electrons. The van der Waals surface area contributed by atoms with Gasteiger partial charge in [0.1, 0.15) is 5.82 Å². The summed E-state index contributed by atoms with van der Waals surface area (Å²) in [5.41, 5.74) is 1.09. The maximum Gasteiger partial charge on any atom is 0.123 e. The lowest BCUT2D eigenvalue weighted by Crippen LogP contribution is -2.44. The fourth-order valence-electron chi connectivity index (χ4n) is 3.31. The van der Waals surface area contributed by atoms with E-state index < -0.39 is 0 Å². The summed E-state index contributed by atoms with van der Waals surface area (Å²) in [5, 5.41) is 3.67. The Labute approximate surface area is 108 Å². The predicted molar refractivity (Wildman–Crippen MR) is 71.1 cm³/mol. The highest BCUT2D eigenvalue weighted by Crippen LogP contribution is 2.26. The van der Waals surface area contributed by atoms with Crippen molar-refractivity contribution >= 4 is 0 Å². The van der Waals surface area contributed by atoms with Crippen molar-refractivity contribution < 1.29 is 4.39 Å². The molecule has 1 N–H and O–H groups in total. The molecular weight excluding hydrogens is 227 g/mol. The van der Waals surface area contributed by atoms with Gasteiger partial charge < -0.3 is 10.2 Å². The second kappa shape index (κ2) is 5.37. The molecule has 0 saturated carbocycles. The molecule has 2 saturated heterocycles. The number of fused-ring (bicyclic) bond motifs is 2. The quantitative estimate of drug-likeness (QED) is 0.877. The van der Waals surface area contributed by atoms with Crippen LogP contribution in [0.4, 0.5) is 4.39 Å². The highest BCUT2D eigenvalue weighted by molar-refractivity contribution is 5.16. The number of hydrogen-bond acceptors (Lipinski definition) is 2. The van der Waals surface area contributed by atoms with Gasteiger partial charge in [0, 0.05) is 12.6 Å². The van der Waals surface area contributed by atoms with Gasteiger partial charge in [0.05, 0.1) is 0 Å². The van der Waals surface area contributed by atoms with E-state index >= 15 is 0 Å². The number of nitrogens with one attached hydrogen (secondary N) is 1. The number of halogens is 1. The zero-order valence-electron chi connectivity index (χ0n) is 10.7. The van der Waals surface area contributed by atoms with Gasteiger partial charge in [-0.1, -0.05) is 12.1 Å². The van der Waals surface area contributed by atoms with Gasteiger partial charge in [-0.2, -0.15) is 0 Å². The Bertz CT molecular complexity index is 407. The zero-order chi connectivity index (χ0) is 12.4. The van der Waals surface area contributed by atoms with Crippen LogP contribution in [0.1, 0.15) is 18.4 Å². The van der Waals surface area contributed by atoms with E-state index in [4.69, 9.17) is 0 Å². The number of benzene rings is 1. The van der Waals surface area contributed by atoms with Crippen LogP contribution in [0.15, 0.2) is 24.3 Å². The monoisotopic (exact) mass is 248 g/mol. The number of nitrogens with zero attached hydrogens (tertiary/aromatic N) is 1. The van der Waals surface area contributed by atoms with Gasteiger partial charge in [-0.05, 0) is 62.5 Å². The van der Waals surface area contributed by atoms with Crippen LogP contribution < -0.4 is 5.32 Å². The van der Waals surface area contributed by atoms with Crippen molar-refractivity contribution in [1.29, 1.82) is 0 Å². The average molecular weight is 248 g/mol. The van der Waals surface area contributed by atoms with Crippen molar-refractivity contribution in [1.82, 2.24) is 10.2 Å². The lowest BCUT2D eigenvalue weighted by molar-refractivity contribution is 0.222. The minimum absolute atomic E-state index is 0.128. The Morgan fingerprint density at radius 3 is 3.06 bits per heavy atom. The van der Waals surface area contributed by atoms with Gasteiger partial charge in [-0.3, -0.25) is 0 Å². The lowest BCUT2D eigenvalue weighted by atomic mass is 9.94. The Kier molecular flexibility index (Phi) is 3.62. The van der Waals surface area contributed by atoms with E-state index in [0.717, 1.165) is 24.4 Å². The fourth-order valence-corrected chi connectivity index (χ4v) is 3.31. The van der Waals surface area contributed by atoms with Gasteiger partial charge in [-0.25, -0.2) is 4.39 Å². The van der Waals surface area contributed by atoms with Crippen LogP contribution in [-0.4, -0.2) is 37.1 Å². The molecule has 0 radical (unpaired) electrons. The van der Waals surface area contributed by atoms with Crippen LogP contribution in [0.3, 0.4) is 0 Å². The standard InChI is InChI=1S/C15H21FN2/c16-14-3-1-2-12(10-14)4-7-17-15-6-9-18-8-5-13(15)11-18/h1-3,10,13,15,17H,4-9,11H2. The second-order valence-electron chi connectivity index (χ2n) is 5.58. The van der Waals surface area contributed by atoms with Crippen molar-refractivity contribution in [3.8, 4) is 0 Å². The molecule has 2 fully saturated rings. The maximum atomic E-state index is 13.0. The van der Waals surface area contributed by atoms with Crippen molar-refractivity contribution in [3.63, 3.8) is 0 Å². The molecule has 0 amide bonds. The maximum absolute atomic E-state index is 13.0. The summed E-state index contributed by atoms with van der Waals surface area (Å²) in [5.74, 6) is 0.711. The zero-order valence-corrected chi connectivity index (χ0v) is 10.7. The number of hydrogen-bond donors (Lipinski definition) is 1. The van der Waals surface area contributed by atoms with E-state index in [0.29, 0.717) is 6.04 Å². The summed E-state index contributed by atoms with van der Waals surface area (Å²) in [6, 6.07) is 7.62. The molecule has 2 heterocycles. The molecule has 2 aliphatic heterocycles. The largest absolute Gasteiger partial charge is 0.313 e. The van der Waals surface area contributed by atoms with Crippen molar-refractivity contribution in [2.45, 2.75) is 25.3 Å². The molecule has 18 heavy (non-hydrogen) atoms. The predicted octanol–water partition coefficient (Wildman–Crippen LogP) is 2.05. The fraction of sp³-hybridized carbons (Fsp3) is 0.600. The SMILES string of the molecule is Fc1cccc(CCNC2CCN3CCC2C3)c1. The molecule has 3 heteroatoms. The lowest BCUT2D eigenvalue weighted by Gasteiger charge is -2.31. The van der Waals surface area contributed by atoms with Gasteiger partial charge in [0.15, 0.2) is 0 Å². The third-order valence-electron chi connectivity index (χ3n) is 4.34.